The fourth-order valence-electron chi connectivity index (χ4n) is 4.84. The number of hydrogen-bond donors (Lipinski definition) is 1. The number of nitrogens with zero attached hydrogens (tertiary/aromatic N) is 6. The van der Waals surface area contributed by atoms with E-state index in [0.717, 1.165) is 73.0 Å². The van der Waals surface area contributed by atoms with E-state index in [1.54, 1.807) is 0 Å². The predicted molar refractivity (Wildman–Crippen MR) is 134 cm³/mol. The molecule has 2 aromatic carbocycles. The van der Waals surface area contributed by atoms with Crippen LogP contribution in [0.3, 0.4) is 0 Å². The molecule has 180 valence electrons. The Balaban J connectivity index is 1.37. The van der Waals surface area contributed by atoms with Gasteiger partial charge in [0.25, 0.3) is 0 Å². The van der Waals surface area contributed by atoms with Crippen molar-refractivity contribution in [3.8, 4) is 22.5 Å². The van der Waals surface area contributed by atoms with Gasteiger partial charge in [0.05, 0.1) is 6.54 Å². The number of aromatic nitrogens is 7. The summed E-state index contributed by atoms with van der Waals surface area (Å²) < 4.78 is 1.92. The third-order valence-electron chi connectivity index (χ3n) is 6.81. The van der Waals surface area contributed by atoms with E-state index in [-0.39, 0.29) is 11.7 Å². The van der Waals surface area contributed by atoms with E-state index in [1.165, 1.54) is 6.42 Å². The highest BCUT2D eigenvalue weighted by Gasteiger charge is 2.26. The summed E-state index contributed by atoms with van der Waals surface area (Å²) in [6.45, 7) is 2.76. The molecule has 0 spiro atoms. The van der Waals surface area contributed by atoms with Crippen molar-refractivity contribution in [2.75, 3.05) is 0 Å². The van der Waals surface area contributed by atoms with Gasteiger partial charge >= 0.3 is 0 Å². The van der Waals surface area contributed by atoms with Crippen LogP contribution in [0, 0.1) is 5.92 Å². The van der Waals surface area contributed by atoms with Gasteiger partial charge in [0.15, 0.2) is 0 Å². The Bertz CT molecular complexity index is 1260. The highest BCUT2D eigenvalue weighted by Crippen LogP contribution is 2.30. The van der Waals surface area contributed by atoms with Crippen LogP contribution in [0.1, 0.15) is 73.9 Å². The van der Waals surface area contributed by atoms with Gasteiger partial charge in [-0.25, -0.2) is 9.67 Å². The van der Waals surface area contributed by atoms with E-state index in [1.807, 2.05) is 22.9 Å². The number of hydrogen-bond acceptors (Lipinski definition) is 6. The minimum Gasteiger partial charge on any atom is -0.290 e. The van der Waals surface area contributed by atoms with Gasteiger partial charge < -0.3 is 0 Å². The number of carbonyl (C=O) groups is 1. The zero-order valence-corrected chi connectivity index (χ0v) is 20.2. The largest absolute Gasteiger partial charge is 0.290 e. The second-order valence-electron chi connectivity index (χ2n) is 9.29. The molecule has 0 saturated heterocycles. The molecule has 5 rings (SSSR count). The fraction of sp³-hybridized carbons (Fsp3) is 0.407. The Morgan fingerprint density at radius 2 is 1.80 bits per heavy atom. The first-order valence-electron chi connectivity index (χ1n) is 12.6. The summed E-state index contributed by atoms with van der Waals surface area (Å²) in [4.78, 5) is 17.8. The lowest BCUT2D eigenvalue weighted by molar-refractivity contribution is 0.0878. The van der Waals surface area contributed by atoms with Crippen LogP contribution in [0.25, 0.3) is 22.5 Å². The van der Waals surface area contributed by atoms with Crippen molar-refractivity contribution in [3.63, 3.8) is 0 Å². The van der Waals surface area contributed by atoms with Gasteiger partial charge in [0.1, 0.15) is 5.82 Å². The fourth-order valence-corrected chi connectivity index (χ4v) is 4.84. The lowest BCUT2D eigenvalue weighted by atomic mass is 9.86. The molecule has 8 nitrogen and oxygen atoms in total. The summed E-state index contributed by atoms with van der Waals surface area (Å²) in [5, 5.41) is 19.2. The summed E-state index contributed by atoms with van der Waals surface area (Å²) in [6, 6.07) is 16.5. The van der Waals surface area contributed by atoms with Crippen molar-refractivity contribution in [1.82, 2.24) is 35.4 Å². The van der Waals surface area contributed by atoms with Crippen molar-refractivity contribution >= 4 is 5.78 Å². The molecule has 0 amide bonds. The molecule has 2 aromatic heterocycles. The monoisotopic (exact) mass is 469 g/mol. The lowest BCUT2D eigenvalue weighted by Gasteiger charge is -2.18. The number of tetrazole rings is 1. The Hall–Kier alpha value is -3.68. The van der Waals surface area contributed by atoms with E-state index in [4.69, 9.17) is 10.1 Å². The zero-order chi connectivity index (χ0) is 24.0. The zero-order valence-electron chi connectivity index (χ0n) is 20.2. The Labute approximate surface area is 205 Å². The van der Waals surface area contributed by atoms with Crippen LogP contribution in [0.4, 0.5) is 0 Å². The van der Waals surface area contributed by atoms with Crippen LogP contribution in [0.5, 0.6) is 0 Å². The first kappa shape index (κ1) is 23.1. The SMILES string of the molecule is CCCCc1nc(C(=O)C2CCCCC2)nn1Cc1ccc(-c2ccccc2-c2nn[nH]n2)cc1. The van der Waals surface area contributed by atoms with Crippen LogP contribution in [-0.4, -0.2) is 41.2 Å². The van der Waals surface area contributed by atoms with Crippen LogP contribution in [-0.2, 0) is 13.0 Å². The Morgan fingerprint density at radius 1 is 1.03 bits per heavy atom. The molecule has 1 aliphatic rings. The number of H-pyrrole nitrogens is 1. The highest BCUT2D eigenvalue weighted by atomic mass is 16.1. The third-order valence-corrected chi connectivity index (χ3v) is 6.81. The summed E-state index contributed by atoms with van der Waals surface area (Å²) in [5.41, 5.74) is 4.17. The number of aryl methyl sites for hydroxylation is 1. The molecule has 0 atom stereocenters. The number of carbonyl (C=O) groups excluding carboxylic acids is 1. The Morgan fingerprint density at radius 3 is 2.51 bits per heavy atom. The number of Topliss-reactive ketones (excluding diaryl/α,β-unsaturated/α-hetero) is 1. The average molecular weight is 470 g/mol. The molecule has 4 aromatic rings. The number of rotatable bonds is 9. The van der Waals surface area contributed by atoms with Crippen molar-refractivity contribution in [2.45, 2.75) is 64.8 Å². The van der Waals surface area contributed by atoms with Crippen molar-refractivity contribution in [1.29, 1.82) is 0 Å². The molecular formula is C27H31N7O. The van der Waals surface area contributed by atoms with Crippen LogP contribution in [0.15, 0.2) is 48.5 Å². The first-order chi connectivity index (χ1) is 17.2. The molecule has 0 radical (unpaired) electrons. The van der Waals surface area contributed by atoms with Crippen molar-refractivity contribution in [2.24, 2.45) is 5.92 Å². The van der Waals surface area contributed by atoms with E-state index in [2.05, 4.69) is 57.9 Å². The van der Waals surface area contributed by atoms with Gasteiger partial charge in [-0.3, -0.25) is 4.79 Å². The molecule has 8 heteroatoms. The van der Waals surface area contributed by atoms with E-state index in [0.29, 0.717) is 18.2 Å². The van der Waals surface area contributed by atoms with Gasteiger partial charge in [0, 0.05) is 17.9 Å². The second-order valence-corrected chi connectivity index (χ2v) is 9.29. The number of nitrogens with one attached hydrogen (secondary N) is 1. The summed E-state index contributed by atoms with van der Waals surface area (Å²) in [5.74, 6) is 2.07. The topological polar surface area (TPSA) is 102 Å². The lowest BCUT2D eigenvalue weighted by Crippen LogP contribution is -2.19. The van der Waals surface area contributed by atoms with Crippen LogP contribution >= 0.6 is 0 Å². The van der Waals surface area contributed by atoms with Crippen molar-refractivity contribution in [3.05, 3.63) is 65.7 Å². The van der Waals surface area contributed by atoms with Crippen molar-refractivity contribution < 1.29 is 4.79 Å². The predicted octanol–water partition coefficient (Wildman–Crippen LogP) is 5.28. The maximum atomic E-state index is 13.1. The van der Waals surface area contributed by atoms with E-state index in [9.17, 15) is 4.79 Å². The van der Waals surface area contributed by atoms with E-state index < -0.39 is 0 Å². The molecule has 1 aliphatic carbocycles. The van der Waals surface area contributed by atoms with Gasteiger partial charge in [-0.05, 0) is 41.2 Å². The number of benzene rings is 2. The minimum absolute atomic E-state index is 0.0807. The maximum Gasteiger partial charge on any atom is 0.217 e. The quantitative estimate of drug-likeness (QED) is 0.335. The molecule has 1 fully saturated rings. The molecule has 2 heterocycles. The third kappa shape index (κ3) is 5.21. The summed E-state index contributed by atoms with van der Waals surface area (Å²) in [6.07, 6.45) is 8.34. The molecule has 1 saturated carbocycles. The summed E-state index contributed by atoms with van der Waals surface area (Å²) >= 11 is 0. The Kier molecular flexibility index (Phi) is 7.07. The second kappa shape index (κ2) is 10.7. The van der Waals surface area contributed by atoms with Crippen LogP contribution < -0.4 is 0 Å². The molecule has 0 unspecified atom stereocenters. The molecule has 0 aliphatic heterocycles. The molecule has 0 bridgehead atoms. The maximum absolute atomic E-state index is 13.1. The minimum atomic E-state index is 0.0807. The van der Waals surface area contributed by atoms with Gasteiger partial charge in [-0.15, -0.1) is 15.3 Å². The molecule has 1 N–H and O–H groups in total. The number of aromatic amines is 1. The standard InChI is InChI=1S/C27H31N7O/c1-2-3-13-24-28-27(25(35)21-9-5-4-6-10-21)31-34(24)18-19-14-16-20(17-15-19)22-11-7-8-12-23(22)26-29-32-33-30-26/h7-8,11-12,14-17,21H,2-6,9-10,13,18H2,1H3,(H,29,30,32,33). The first-order valence-corrected chi connectivity index (χ1v) is 12.6. The number of unbranched alkanes of at least 4 members (excludes halogenated alkanes) is 1. The molecular weight excluding hydrogens is 438 g/mol. The van der Waals surface area contributed by atoms with Gasteiger partial charge in [-0.2, -0.15) is 5.21 Å². The normalized spacial score (nSPS) is 14.3. The smallest absolute Gasteiger partial charge is 0.217 e. The summed E-state index contributed by atoms with van der Waals surface area (Å²) in [7, 11) is 0. The van der Waals surface area contributed by atoms with Gasteiger partial charge in [0.2, 0.25) is 17.4 Å². The molecule has 35 heavy (non-hydrogen) atoms. The van der Waals surface area contributed by atoms with Gasteiger partial charge in [-0.1, -0.05) is 81.1 Å². The van der Waals surface area contributed by atoms with Crippen LogP contribution in [0.2, 0.25) is 0 Å². The van der Waals surface area contributed by atoms with E-state index >= 15 is 0 Å². The number of ketones is 1. The highest BCUT2D eigenvalue weighted by molar-refractivity contribution is 5.94. The average Bonchev–Trinajstić information content (AvgIpc) is 3.59.